The Bertz CT molecular complexity index is 593. The van der Waals surface area contributed by atoms with E-state index in [0.29, 0.717) is 0 Å². The van der Waals surface area contributed by atoms with Gasteiger partial charge in [-0.1, -0.05) is 13.3 Å². The summed E-state index contributed by atoms with van der Waals surface area (Å²) in [7, 11) is -2.81. The van der Waals surface area contributed by atoms with Crippen LogP contribution in [-0.4, -0.2) is 40.6 Å². The highest BCUT2D eigenvalue weighted by Gasteiger charge is 2.25. The molecule has 0 radical (unpaired) electrons. The first-order chi connectivity index (χ1) is 9.92. The zero-order chi connectivity index (χ0) is 15.9. The van der Waals surface area contributed by atoms with Crippen molar-refractivity contribution in [2.75, 3.05) is 20.3 Å². The molecule has 1 rings (SSSR count). The normalized spacial score (nSPS) is 11.1. The van der Waals surface area contributed by atoms with E-state index in [1.165, 1.54) is 11.4 Å². The highest BCUT2D eigenvalue weighted by molar-refractivity contribution is 7.89. The van der Waals surface area contributed by atoms with Crippen LogP contribution in [0.3, 0.4) is 0 Å². The summed E-state index contributed by atoms with van der Waals surface area (Å²) < 4.78 is 35.6. The van der Waals surface area contributed by atoms with E-state index in [-0.39, 0.29) is 16.4 Å². The Labute approximate surface area is 127 Å². The lowest BCUT2D eigenvalue weighted by Crippen LogP contribution is -2.31. The molecule has 1 heterocycles. The van der Waals surface area contributed by atoms with Crippen molar-refractivity contribution in [2.45, 2.75) is 24.7 Å². The molecule has 0 saturated carbocycles. The topological polar surface area (TPSA) is 98.8 Å². The van der Waals surface area contributed by atoms with E-state index < -0.39 is 28.5 Å². The number of carbonyl (C=O) groups is 2. The van der Waals surface area contributed by atoms with Crippen molar-refractivity contribution < 1.29 is 27.5 Å². The minimum Gasteiger partial charge on any atom is -0.465 e. The molecule has 0 aromatic carbocycles. The largest absolute Gasteiger partial charge is 0.465 e. The number of esters is 2. The molecule has 21 heavy (non-hydrogen) atoms. The van der Waals surface area contributed by atoms with Gasteiger partial charge in [-0.15, -0.1) is 11.3 Å². The number of unbranched alkanes of at least 4 members (excludes halogenated alkanes) is 1. The van der Waals surface area contributed by atoms with Crippen molar-refractivity contribution >= 4 is 33.3 Å². The first-order valence-corrected chi connectivity index (χ1v) is 8.59. The van der Waals surface area contributed by atoms with E-state index in [0.717, 1.165) is 31.3 Å². The van der Waals surface area contributed by atoms with Crippen molar-refractivity contribution in [1.29, 1.82) is 0 Å². The quantitative estimate of drug-likeness (QED) is 0.565. The standard InChI is InChI=1S/C12H17NO6S2/c1-3-4-6-19-10(14)8-13-21(16,17)9-5-7-20-11(9)12(15)18-2/h5,7,13H,3-4,6,8H2,1-2H3. The zero-order valence-electron chi connectivity index (χ0n) is 11.7. The second kappa shape index (κ2) is 8.11. The molecule has 0 amide bonds. The fourth-order valence-corrected chi connectivity index (χ4v) is 3.67. The number of ether oxygens (including phenoxy) is 2. The fourth-order valence-electron chi connectivity index (χ4n) is 1.36. The summed E-state index contributed by atoms with van der Waals surface area (Å²) in [6.07, 6.45) is 1.59. The lowest BCUT2D eigenvalue weighted by atomic mass is 10.4. The van der Waals surface area contributed by atoms with Crippen LogP contribution in [0.4, 0.5) is 0 Å². The van der Waals surface area contributed by atoms with E-state index in [1.807, 2.05) is 6.92 Å². The van der Waals surface area contributed by atoms with Crippen LogP contribution in [0.2, 0.25) is 0 Å². The Balaban J connectivity index is 2.68. The second-order valence-electron chi connectivity index (χ2n) is 4.00. The number of nitrogens with one attached hydrogen (secondary N) is 1. The van der Waals surface area contributed by atoms with E-state index in [2.05, 4.69) is 9.46 Å². The van der Waals surface area contributed by atoms with Gasteiger partial charge >= 0.3 is 11.9 Å². The van der Waals surface area contributed by atoms with Crippen LogP contribution in [0.15, 0.2) is 16.3 Å². The maximum atomic E-state index is 12.0. The van der Waals surface area contributed by atoms with Gasteiger partial charge in [-0.3, -0.25) is 4.79 Å². The number of methoxy groups -OCH3 is 1. The number of sulfonamides is 1. The number of hydrogen-bond donors (Lipinski definition) is 1. The molecule has 0 aliphatic rings. The van der Waals surface area contributed by atoms with Crippen molar-refractivity contribution in [3.05, 3.63) is 16.3 Å². The van der Waals surface area contributed by atoms with Crippen LogP contribution in [0, 0.1) is 0 Å². The summed E-state index contributed by atoms with van der Waals surface area (Å²) in [5.74, 6) is -1.40. The summed E-state index contributed by atoms with van der Waals surface area (Å²) >= 11 is 0.950. The van der Waals surface area contributed by atoms with Gasteiger partial charge < -0.3 is 9.47 Å². The first kappa shape index (κ1) is 17.6. The maximum Gasteiger partial charge on any atom is 0.349 e. The summed E-state index contributed by atoms with van der Waals surface area (Å²) in [5.41, 5.74) is 0. The van der Waals surface area contributed by atoms with Crippen LogP contribution >= 0.6 is 11.3 Å². The second-order valence-corrected chi connectivity index (χ2v) is 6.66. The third kappa shape index (κ3) is 5.10. The van der Waals surface area contributed by atoms with Gasteiger partial charge in [0.1, 0.15) is 16.3 Å². The number of carbonyl (C=O) groups excluding carboxylic acids is 2. The molecule has 1 N–H and O–H groups in total. The fraction of sp³-hybridized carbons (Fsp3) is 0.500. The predicted molar refractivity (Wildman–Crippen MR) is 76.7 cm³/mol. The average Bonchev–Trinajstić information content (AvgIpc) is 2.95. The van der Waals surface area contributed by atoms with E-state index >= 15 is 0 Å². The molecule has 118 valence electrons. The van der Waals surface area contributed by atoms with Gasteiger partial charge in [-0.05, 0) is 17.9 Å². The molecule has 0 unspecified atom stereocenters. The molecule has 7 nitrogen and oxygen atoms in total. The number of thiophene rings is 1. The Morgan fingerprint density at radius 1 is 1.38 bits per heavy atom. The smallest absolute Gasteiger partial charge is 0.349 e. The van der Waals surface area contributed by atoms with E-state index in [4.69, 9.17) is 4.74 Å². The molecule has 0 aliphatic heterocycles. The van der Waals surface area contributed by atoms with Crippen molar-refractivity contribution in [2.24, 2.45) is 0 Å². The monoisotopic (exact) mass is 335 g/mol. The molecule has 1 aromatic rings. The van der Waals surface area contributed by atoms with E-state index in [1.54, 1.807) is 0 Å². The Kier molecular flexibility index (Phi) is 6.79. The number of rotatable bonds is 8. The Hall–Kier alpha value is -1.45. The first-order valence-electron chi connectivity index (χ1n) is 6.23. The van der Waals surface area contributed by atoms with Crippen molar-refractivity contribution in [3.63, 3.8) is 0 Å². The minimum atomic E-state index is -3.97. The average molecular weight is 335 g/mol. The summed E-state index contributed by atoms with van der Waals surface area (Å²) in [4.78, 5) is 22.6. The molecule has 0 saturated heterocycles. The molecule has 0 aliphatic carbocycles. The van der Waals surface area contributed by atoms with Crippen molar-refractivity contribution in [3.8, 4) is 0 Å². The Morgan fingerprint density at radius 3 is 2.71 bits per heavy atom. The zero-order valence-corrected chi connectivity index (χ0v) is 13.4. The molecule has 0 fully saturated rings. The molecular formula is C12H17NO6S2. The summed E-state index contributed by atoms with van der Waals surface area (Å²) in [6.45, 7) is 1.72. The van der Waals surface area contributed by atoms with Crippen molar-refractivity contribution in [1.82, 2.24) is 4.72 Å². The molecule has 1 aromatic heterocycles. The molecular weight excluding hydrogens is 318 g/mol. The lowest BCUT2D eigenvalue weighted by Gasteiger charge is -2.07. The van der Waals surface area contributed by atoms with Crippen LogP contribution in [-0.2, 0) is 24.3 Å². The summed E-state index contributed by atoms with van der Waals surface area (Å²) in [5, 5.41) is 1.46. The van der Waals surface area contributed by atoms with Gasteiger partial charge in [0.15, 0.2) is 0 Å². The minimum absolute atomic E-state index is 0.0376. The van der Waals surface area contributed by atoms with Crippen LogP contribution in [0.1, 0.15) is 29.4 Å². The van der Waals surface area contributed by atoms with Gasteiger partial charge in [0.2, 0.25) is 10.0 Å². The van der Waals surface area contributed by atoms with Gasteiger partial charge in [0.25, 0.3) is 0 Å². The van der Waals surface area contributed by atoms with E-state index in [9.17, 15) is 18.0 Å². The molecule has 9 heteroatoms. The highest BCUT2D eigenvalue weighted by Crippen LogP contribution is 2.22. The Morgan fingerprint density at radius 2 is 2.10 bits per heavy atom. The third-order valence-corrected chi connectivity index (χ3v) is 4.92. The SMILES string of the molecule is CCCCOC(=O)CNS(=O)(=O)c1ccsc1C(=O)OC. The van der Waals surface area contributed by atoms with Crippen LogP contribution in [0.5, 0.6) is 0 Å². The molecule has 0 bridgehead atoms. The van der Waals surface area contributed by atoms with Gasteiger partial charge in [-0.2, -0.15) is 4.72 Å². The highest BCUT2D eigenvalue weighted by atomic mass is 32.2. The van der Waals surface area contributed by atoms with Crippen LogP contribution in [0.25, 0.3) is 0 Å². The lowest BCUT2D eigenvalue weighted by molar-refractivity contribution is -0.142. The van der Waals surface area contributed by atoms with Gasteiger partial charge in [-0.25, -0.2) is 13.2 Å². The maximum absolute atomic E-state index is 12.0. The predicted octanol–water partition coefficient (Wildman–Crippen LogP) is 1.16. The molecule has 0 spiro atoms. The van der Waals surface area contributed by atoms with Crippen LogP contribution < -0.4 is 4.72 Å². The van der Waals surface area contributed by atoms with Gasteiger partial charge in [0.05, 0.1) is 13.7 Å². The van der Waals surface area contributed by atoms with Gasteiger partial charge in [0, 0.05) is 0 Å². The third-order valence-electron chi connectivity index (χ3n) is 2.46. The molecule has 0 atom stereocenters. The number of hydrogen-bond acceptors (Lipinski definition) is 7. The summed E-state index contributed by atoms with van der Waals surface area (Å²) in [6, 6.07) is 1.28.